The zero-order valence-electron chi connectivity index (χ0n) is 9.51. The highest BCUT2D eigenvalue weighted by atomic mass is 17.2. The van der Waals surface area contributed by atoms with E-state index in [0.717, 1.165) is 19.2 Å². The van der Waals surface area contributed by atoms with Gasteiger partial charge in [0.1, 0.15) is 6.61 Å². The molecule has 0 aliphatic heterocycles. The van der Waals surface area contributed by atoms with Crippen LogP contribution in [0.15, 0.2) is 12.2 Å². The summed E-state index contributed by atoms with van der Waals surface area (Å²) in [6.07, 6.45) is 1.48. The molecule has 0 fully saturated rings. The smallest absolute Gasteiger partial charge is 0.366 e. The summed E-state index contributed by atoms with van der Waals surface area (Å²) in [7, 11) is 0. The lowest BCUT2D eigenvalue weighted by Crippen LogP contribution is -2.27. The van der Waals surface area contributed by atoms with E-state index >= 15 is 0 Å². The Labute approximate surface area is 94.4 Å². The summed E-state index contributed by atoms with van der Waals surface area (Å²) in [5.41, 5.74) is 0. The molecule has 0 bridgehead atoms. The van der Waals surface area contributed by atoms with Crippen molar-refractivity contribution >= 4 is 11.9 Å². The largest absolute Gasteiger partial charge is 0.478 e. The van der Waals surface area contributed by atoms with Crippen molar-refractivity contribution in [1.29, 1.82) is 0 Å². The monoisotopic (exact) mass is 231 g/mol. The molecule has 6 heteroatoms. The van der Waals surface area contributed by atoms with E-state index in [1.54, 1.807) is 0 Å². The van der Waals surface area contributed by atoms with Crippen molar-refractivity contribution in [2.24, 2.45) is 0 Å². The summed E-state index contributed by atoms with van der Waals surface area (Å²) in [6.45, 7) is 6.74. The topological polar surface area (TPSA) is 76.1 Å². The molecule has 0 unspecified atom stereocenters. The van der Waals surface area contributed by atoms with Crippen LogP contribution in [0, 0.1) is 0 Å². The fourth-order valence-electron chi connectivity index (χ4n) is 0.973. The Bertz CT molecular complexity index is 248. The van der Waals surface area contributed by atoms with Gasteiger partial charge in [-0.2, -0.15) is 4.89 Å². The van der Waals surface area contributed by atoms with Crippen LogP contribution in [0.2, 0.25) is 0 Å². The maximum Gasteiger partial charge on any atom is 0.366 e. The van der Waals surface area contributed by atoms with Crippen molar-refractivity contribution in [2.75, 3.05) is 26.2 Å². The summed E-state index contributed by atoms with van der Waals surface area (Å²) in [4.78, 5) is 31.9. The van der Waals surface area contributed by atoms with Crippen LogP contribution in [-0.2, 0) is 19.4 Å². The first-order valence-electron chi connectivity index (χ1n) is 5.06. The Balaban J connectivity index is 3.58. The van der Waals surface area contributed by atoms with Crippen molar-refractivity contribution in [3.8, 4) is 0 Å². The molecule has 92 valence electrons. The Morgan fingerprint density at radius 2 is 1.88 bits per heavy atom. The van der Waals surface area contributed by atoms with Crippen LogP contribution in [0.5, 0.6) is 0 Å². The second kappa shape index (κ2) is 8.87. The van der Waals surface area contributed by atoms with Crippen LogP contribution in [0.4, 0.5) is 0 Å². The maximum absolute atomic E-state index is 10.8. The molecular weight excluding hydrogens is 214 g/mol. The molecule has 0 radical (unpaired) electrons. The SMILES string of the molecule is CCN(CC)CCOOC(=O)/C=C\C(=O)O. The van der Waals surface area contributed by atoms with Gasteiger partial charge in [0.2, 0.25) is 0 Å². The summed E-state index contributed by atoms with van der Waals surface area (Å²) in [5.74, 6) is -2.04. The Morgan fingerprint density at radius 3 is 2.38 bits per heavy atom. The number of likely N-dealkylation sites (N-methyl/N-ethyl adjacent to an activating group) is 1. The highest BCUT2D eigenvalue weighted by Gasteiger charge is 2.02. The van der Waals surface area contributed by atoms with Crippen LogP contribution in [0.1, 0.15) is 13.8 Å². The number of carbonyl (C=O) groups excluding carboxylic acids is 1. The molecule has 0 saturated carbocycles. The van der Waals surface area contributed by atoms with Crippen LogP contribution in [0.25, 0.3) is 0 Å². The molecule has 0 aromatic rings. The van der Waals surface area contributed by atoms with Gasteiger partial charge in [0.05, 0.1) is 0 Å². The number of hydrogen-bond donors (Lipinski definition) is 1. The van der Waals surface area contributed by atoms with Crippen LogP contribution >= 0.6 is 0 Å². The zero-order chi connectivity index (χ0) is 12.4. The third kappa shape index (κ3) is 7.95. The first-order chi connectivity index (χ1) is 7.60. The quantitative estimate of drug-likeness (QED) is 0.283. The van der Waals surface area contributed by atoms with Crippen molar-refractivity contribution < 1.29 is 24.5 Å². The number of rotatable bonds is 8. The van der Waals surface area contributed by atoms with Gasteiger partial charge in [0, 0.05) is 18.7 Å². The molecule has 16 heavy (non-hydrogen) atoms. The van der Waals surface area contributed by atoms with Gasteiger partial charge in [0.15, 0.2) is 0 Å². The molecule has 0 rings (SSSR count). The van der Waals surface area contributed by atoms with Crippen molar-refractivity contribution in [3.05, 3.63) is 12.2 Å². The van der Waals surface area contributed by atoms with Gasteiger partial charge in [-0.15, -0.1) is 0 Å². The predicted molar refractivity (Wildman–Crippen MR) is 56.6 cm³/mol. The average molecular weight is 231 g/mol. The Hall–Kier alpha value is -1.40. The minimum Gasteiger partial charge on any atom is -0.478 e. The third-order valence-corrected chi connectivity index (χ3v) is 1.89. The zero-order valence-corrected chi connectivity index (χ0v) is 9.51. The molecule has 1 N–H and O–H groups in total. The molecule has 0 aliphatic rings. The summed E-state index contributed by atoms with van der Waals surface area (Å²) in [6, 6.07) is 0. The third-order valence-electron chi connectivity index (χ3n) is 1.89. The van der Waals surface area contributed by atoms with Gasteiger partial charge in [0.25, 0.3) is 0 Å². The minimum absolute atomic E-state index is 0.258. The van der Waals surface area contributed by atoms with E-state index in [2.05, 4.69) is 14.7 Å². The van der Waals surface area contributed by atoms with Crippen LogP contribution < -0.4 is 0 Å². The van der Waals surface area contributed by atoms with Crippen molar-refractivity contribution in [3.63, 3.8) is 0 Å². The first-order valence-corrected chi connectivity index (χ1v) is 5.06. The lowest BCUT2D eigenvalue weighted by Gasteiger charge is -2.16. The van der Waals surface area contributed by atoms with Gasteiger partial charge in [-0.25, -0.2) is 9.59 Å². The lowest BCUT2D eigenvalue weighted by atomic mass is 10.5. The molecule has 0 atom stereocenters. The van der Waals surface area contributed by atoms with Gasteiger partial charge in [-0.1, -0.05) is 13.8 Å². The fraction of sp³-hybridized carbons (Fsp3) is 0.600. The molecule has 0 saturated heterocycles. The van der Waals surface area contributed by atoms with Gasteiger partial charge in [-0.3, -0.25) is 4.89 Å². The van der Waals surface area contributed by atoms with E-state index in [0.29, 0.717) is 12.6 Å². The molecule has 0 aromatic heterocycles. The van der Waals surface area contributed by atoms with E-state index in [9.17, 15) is 9.59 Å². The summed E-state index contributed by atoms with van der Waals surface area (Å²) in [5, 5.41) is 8.23. The highest BCUT2D eigenvalue weighted by molar-refractivity contribution is 5.90. The predicted octanol–water partition coefficient (Wildman–Crippen LogP) is 0.444. The standard InChI is InChI=1S/C10H17NO5/c1-3-11(4-2)7-8-15-16-10(14)6-5-9(12)13/h5-6H,3-4,7-8H2,1-2H3,(H,12,13)/b6-5-. The van der Waals surface area contributed by atoms with Gasteiger partial charge in [-0.05, 0) is 13.1 Å². The second-order valence-electron chi connectivity index (χ2n) is 2.92. The molecule has 0 amide bonds. The summed E-state index contributed by atoms with van der Waals surface area (Å²) < 4.78 is 0. The number of nitrogens with zero attached hydrogens (tertiary/aromatic N) is 1. The molecule has 0 spiro atoms. The van der Waals surface area contributed by atoms with E-state index in [1.165, 1.54) is 0 Å². The number of aliphatic carboxylic acids is 1. The highest BCUT2D eigenvalue weighted by Crippen LogP contribution is 1.89. The lowest BCUT2D eigenvalue weighted by molar-refractivity contribution is -0.268. The molecular formula is C10H17NO5. The van der Waals surface area contributed by atoms with Crippen molar-refractivity contribution in [1.82, 2.24) is 4.90 Å². The number of carboxylic acids is 1. The number of carboxylic acid groups (broad SMARTS) is 1. The van der Waals surface area contributed by atoms with Crippen LogP contribution in [-0.4, -0.2) is 48.2 Å². The average Bonchev–Trinajstić information content (AvgIpc) is 2.26. The van der Waals surface area contributed by atoms with Crippen LogP contribution in [0.3, 0.4) is 0 Å². The van der Waals surface area contributed by atoms with Gasteiger partial charge >= 0.3 is 11.9 Å². The minimum atomic E-state index is -1.21. The second-order valence-corrected chi connectivity index (χ2v) is 2.92. The summed E-state index contributed by atoms with van der Waals surface area (Å²) >= 11 is 0. The van der Waals surface area contributed by atoms with E-state index in [-0.39, 0.29) is 6.61 Å². The Morgan fingerprint density at radius 1 is 1.25 bits per heavy atom. The molecule has 0 aromatic carbocycles. The molecule has 6 nitrogen and oxygen atoms in total. The van der Waals surface area contributed by atoms with E-state index in [4.69, 9.17) is 5.11 Å². The first kappa shape index (κ1) is 14.6. The number of carbonyl (C=O) groups is 2. The van der Waals surface area contributed by atoms with Crippen molar-refractivity contribution in [2.45, 2.75) is 13.8 Å². The normalized spacial score (nSPS) is 10.9. The van der Waals surface area contributed by atoms with E-state index in [1.807, 2.05) is 13.8 Å². The van der Waals surface area contributed by atoms with E-state index < -0.39 is 11.9 Å². The molecule has 0 heterocycles. The Kier molecular flexibility index (Phi) is 8.10. The number of hydrogen-bond acceptors (Lipinski definition) is 5. The maximum atomic E-state index is 10.8. The molecule has 0 aliphatic carbocycles. The van der Waals surface area contributed by atoms with Gasteiger partial charge < -0.3 is 10.0 Å². The fourth-order valence-corrected chi connectivity index (χ4v) is 0.973.